The zero-order chi connectivity index (χ0) is 15.4. The standard InChI is InChI=1S/C18H19FO2/c1-12-6-5-7-13(2)16(12)11-15(18(20)21)10-14-8-3-4-9-17(14)19/h3-9,15H,10-11H2,1-2H3,(H,20,21). The molecule has 0 aliphatic rings. The van der Waals surface area contributed by atoms with Crippen molar-refractivity contribution in [1.29, 1.82) is 0 Å². The minimum Gasteiger partial charge on any atom is -0.481 e. The molecule has 2 nitrogen and oxygen atoms in total. The van der Waals surface area contributed by atoms with E-state index in [4.69, 9.17) is 0 Å². The van der Waals surface area contributed by atoms with Crippen LogP contribution in [0, 0.1) is 25.6 Å². The molecule has 0 aromatic heterocycles. The van der Waals surface area contributed by atoms with E-state index < -0.39 is 11.9 Å². The Bertz CT molecular complexity index is 629. The highest BCUT2D eigenvalue weighted by Crippen LogP contribution is 2.22. The van der Waals surface area contributed by atoms with Gasteiger partial charge < -0.3 is 5.11 Å². The van der Waals surface area contributed by atoms with E-state index >= 15 is 0 Å². The van der Waals surface area contributed by atoms with Crippen molar-refractivity contribution in [2.75, 3.05) is 0 Å². The monoisotopic (exact) mass is 286 g/mol. The average Bonchev–Trinajstić information content (AvgIpc) is 2.43. The predicted octanol–water partition coefficient (Wildman–Crippen LogP) is 3.93. The summed E-state index contributed by atoms with van der Waals surface area (Å²) in [6, 6.07) is 12.3. The van der Waals surface area contributed by atoms with Gasteiger partial charge in [0.25, 0.3) is 0 Å². The lowest BCUT2D eigenvalue weighted by molar-refractivity contribution is -0.141. The maximum atomic E-state index is 13.7. The summed E-state index contributed by atoms with van der Waals surface area (Å²) >= 11 is 0. The number of rotatable bonds is 5. The molecule has 2 rings (SSSR count). The average molecular weight is 286 g/mol. The van der Waals surface area contributed by atoms with E-state index in [-0.39, 0.29) is 12.2 Å². The summed E-state index contributed by atoms with van der Waals surface area (Å²) in [5.74, 6) is -1.85. The molecule has 0 bridgehead atoms. The van der Waals surface area contributed by atoms with Crippen LogP contribution in [-0.2, 0) is 17.6 Å². The van der Waals surface area contributed by atoms with Gasteiger partial charge in [0.05, 0.1) is 5.92 Å². The summed E-state index contributed by atoms with van der Waals surface area (Å²) in [4.78, 5) is 11.5. The van der Waals surface area contributed by atoms with Crippen molar-refractivity contribution in [3.8, 4) is 0 Å². The number of benzene rings is 2. The second-order valence-corrected chi connectivity index (χ2v) is 5.41. The number of aryl methyl sites for hydroxylation is 2. The molecule has 3 heteroatoms. The zero-order valence-electron chi connectivity index (χ0n) is 12.3. The van der Waals surface area contributed by atoms with Gasteiger partial charge in [-0.25, -0.2) is 4.39 Å². The third-order valence-electron chi connectivity index (χ3n) is 3.87. The molecule has 0 aliphatic heterocycles. The summed E-state index contributed by atoms with van der Waals surface area (Å²) in [5.41, 5.74) is 3.65. The normalized spacial score (nSPS) is 12.1. The van der Waals surface area contributed by atoms with Crippen molar-refractivity contribution in [1.82, 2.24) is 0 Å². The zero-order valence-corrected chi connectivity index (χ0v) is 12.3. The molecule has 2 aromatic carbocycles. The number of carboxylic acid groups (broad SMARTS) is 1. The van der Waals surface area contributed by atoms with Crippen molar-refractivity contribution < 1.29 is 14.3 Å². The molecule has 0 fully saturated rings. The van der Waals surface area contributed by atoms with E-state index in [2.05, 4.69) is 0 Å². The third-order valence-corrected chi connectivity index (χ3v) is 3.87. The fraction of sp³-hybridized carbons (Fsp3) is 0.278. The number of aliphatic carboxylic acids is 1. The highest BCUT2D eigenvalue weighted by Gasteiger charge is 2.21. The fourth-order valence-corrected chi connectivity index (χ4v) is 2.59. The van der Waals surface area contributed by atoms with Crippen molar-refractivity contribution >= 4 is 5.97 Å². The molecule has 0 heterocycles. The Morgan fingerprint density at radius 2 is 1.67 bits per heavy atom. The smallest absolute Gasteiger partial charge is 0.307 e. The Kier molecular flexibility index (Phi) is 4.73. The highest BCUT2D eigenvalue weighted by atomic mass is 19.1. The first kappa shape index (κ1) is 15.2. The SMILES string of the molecule is Cc1cccc(C)c1CC(Cc1ccccc1F)C(=O)O. The van der Waals surface area contributed by atoms with Crippen molar-refractivity contribution in [2.24, 2.45) is 5.92 Å². The van der Waals surface area contributed by atoms with Crippen LogP contribution in [0.3, 0.4) is 0 Å². The molecular formula is C18H19FO2. The Balaban J connectivity index is 2.25. The summed E-state index contributed by atoms with van der Waals surface area (Å²) < 4.78 is 13.7. The van der Waals surface area contributed by atoms with Crippen LogP contribution in [0.25, 0.3) is 0 Å². The van der Waals surface area contributed by atoms with Crippen LogP contribution in [0.1, 0.15) is 22.3 Å². The first-order valence-electron chi connectivity index (χ1n) is 7.00. The fourth-order valence-electron chi connectivity index (χ4n) is 2.59. The molecule has 2 aromatic rings. The first-order valence-corrected chi connectivity index (χ1v) is 7.00. The van der Waals surface area contributed by atoms with Gasteiger partial charge in [0.1, 0.15) is 5.82 Å². The molecular weight excluding hydrogens is 267 g/mol. The molecule has 0 amide bonds. The van der Waals surface area contributed by atoms with Crippen LogP contribution in [0.5, 0.6) is 0 Å². The van der Waals surface area contributed by atoms with E-state index in [1.165, 1.54) is 6.07 Å². The van der Waals surface area contributed by atoms with E-state index in [9.17, 15) is 14.3 Å². The van der Waals surface area contributed by atoms with E-state index in [1.807, 2.05) is 32.0 Å². The number of hydrogen-bond acceptors (Lipinski definition) is 1. The van der Waals surface area contributed by atoms with Crippen molar-refractivity contribution in [3.63, 3.8) is 0 Å². The lowest BCUT2D eigenvalue weighted by atomic mass is 9.88. The van der Waals surface area contributed by atoms with E-state index in [1.54, 1.807) is 18.2 Å². The molecule has 0 spiro atoms. The Labute approximate surface area is 124 Å². The molecule has 0 aliphatic carbocycles. The van der Waals surface area contributed by atoms with Gasteiger partial charge in [-0.3, -0.25) is 4.79 Å². The maximum Gasteiger partial charge on any atom is 0.307 e. The van der Waals surface area contributed by atoms with E-state index in [0.717, 1.165) is 16.7 Å². The number of hydrogen-bond donors (Lipinski definition) is 1. The molecule has 0 saturated heterocycles. The molecule has 1 atom stereocenters. The number of halogens is 1. The van der Waals surface area contributed by atoms with Crippen LogP contribution in [-0.4, -0.2) is 11.1 Å². The minimum absolute atomic E-state index is 0.204. The lowest BCUT2D eigenvalue weighted by Gasteiger charge is -2.16. The predicted molar refractivity (Wildman–Crippen MR) is 80.8 cm³/mol. The molecule has 21 heavy (non-hydrogen) atoms. The third kappa shape index (κ3) is 3.69. The van der Waals surface area contributed by atoms with Crippen LogP contribution in [0.15, 0.2) is 42.5 Å². The molecule has 0 saturated carbocycles. The quantitative estimate of drug-likeness (QED) is 0.904. The second kappa shape index (κ2) is 6.53. The second-order valence-electron chi connectivity index (χ2n) is 5.41. The van der Waals surface area contributed by atoms with Crippen molar-refractivity contribution in [2.45, 2.75) is 26.7 Å². The molecule has 1 N–H and O–H groups in total. The Hall–Kier alpha value is -2.16. The number of carbonyl (C=O) groups is 1. The molecule has 0 radical (unpaired) electrons. The van der Waals surface area contributed by atoms with Gasteiger partial charge in [-0.05, 0) is 55.0 Å². The van der Waals surface area contributed by atoms with Gasteiger partial charge in [-0.15, -0.1) is 0 Å². The summed E-state index contributed by atoms with van der Waals surface area (Å²) in [5, 5.41) is 9.45. The lowest BCUT2D eigenvalue weighted by Crippen LogP contribution is -2.20. The maximum absolute atomic E-state index is 13.7. The minimum atomic E-state index is -0.888. The van der Waals surface area contributed by atoms with Gasteiger partial charge in [0, 0.05) is 0 Å². The van der Waals surface area contributed by atoms with Crippen molar-refractivity contribution in [3.05, 3.63) is 70.5 Å². The largest absolute Gasteiger partial charge is 0.481 e. The topological polar surface area (TPSA) is 37.3 Å². The van der Waals surface area contributed by atoms with Crippen LogP contribution < -0.4 is 0 Å². The molecule has 1 unspecified atom stereocenters. The van der Waals surface area contributed by atoms with Crippen LogP contribution in [0.2, 0.25) is 0 Å². The highest BCUT2D eigenvalue weighted by molar-refractivity contribution is 5.71. The van der Waals surface area contributed by atoms with Gasteiger partial charge in [0.15, 0.2) is 0 Å². The Morgan fingerprint density at radius 1 is 1.05 bits per heavy atom. The first-order chi connectivity index (χ1) is 9.99. The van der Waals surface area contributed by atoms with Gasteiger partial charge in [-0.1, -0.05) is 36.4 Å². The van der Waals surface area contributed by atoms with Gasteiger partial charge >= 0.3 is 5.97 Å². The van der Waals surface area contributed by atoms with Crippen LogP contribution >= 0.6 is 0 Å². The number of carboxylic acids is 1. The summed E-state index contributed by atoms with van der Waals surface area (Å²) in [7, 11) is 0. The summed E-state index contributed by atoms with van der Waals surface area (Å²) in [6.07, 6.45) is 0.623. The van der Waals surface area contributed by atoms with E-state index in [0.29, 0.717) is 12.0 Å². The Morgan fingerprint density at radius 3 is 2.24 bits per heavy atom. The molecule has 110 valence electrons. The van der Waals surface area contributed by atoms with Gasteiger partial charge in [0.2, 0.25) is 0 Å². The van der Waals surface area contributed by atoms with Crippen LogP contribution in [0.4, 0.5) is 4.39 Å². The summed E-state index contributed by atoms with van der Waals surface area (Å²) in [6.45, 7) is 3.95. The van der Waals surface area contributed by atoms with Gasteiger partial charge in [-0.2, -0.15) is 0 Å².